The molecule has 0 aliphatic carbocycles. The van der Waals surface area contributed by atoms with E-state index in [1.165, 1.54) is 23.1 Å². The number of aliphatic carboxylic acids is 1. The van der Waals surface area contributed by atoms with Gasteiger partial charge in [0.25, 0.3) is 0 Å². The van der Waals surface area contributed by atoms with Gasteiger partial charge in [0.1, 0.15) is 12.4 Å². The van der Waals surface area contributed by atoms with E-state index < -0.39 is 18.0 Å². The molecule has 1 fully saturated rings. The Morgan fingerprint density at radius 2 is 2.00 bits per heavy atom. The summed E-state index contributed by atoms with van der Waals surface area (Å²) in [6.45, 7) is 3.94. The molecule has 1 aromatic rings. The Morgan fingerprint density at radius 3 is 2.57 bits per heavy atom. The number of rotatable bonds is 4. The van der Waals surface area contributed by atoms with Crippen molar-refractivity contribution in [2.24, 2.45) is 5.92 Å². The standard InChI is InChI=1S/C15H17NO5/c1-2-7-21-15(20)16-8-12(13(9-16)14(18)19)10-3-5-11(17)6-4-10/h2-6,12-13,17H,1,7-9H2,(H,18,19)/t12-,13+/m0/s1. The van der Waals surface area contributed by atoms with E-state index in [-0.39, 0.29) is 31.4 Å². The lowest BCUT2D eigenvalue weighted by atomic mass is 9.89. The summed E-state index contributed by atoms with van der Waals surface area (Å²) < 4.78 is 4.94. The lowest BCUT2D eigenvalue weighted by molar-refractivity contribution is -0.141. The highest BCUT2D eigenvalue weighted by atomic mass is 16.6. The molecule has 1 aromatic carbocycles. The Bertz CT molecular complexity index is 539. The molecule has 0 spiro atoms. The minimum Gasteiger partial charge on any atom is -0.508 e. The van der Waals surface area contributed by atoms with Crippen LogP contribution in [0.15, 0.2) is 36.9 Å². The Hall–Kier alpha value is -2.50. The Morgan fingerprint density at radius 1 is 1.33 bits per heavy atom. The van der Waals surface area contributed by atoms with Crippen LogP contribution in [0.25, 0.3) is 0 Å². The number of phenols is 1. The second-order valence-corrected chi connectivity index (χ2v) is 4.91. The van der Waals surface area contributed by atoms with Gasteiger partial charge in [-0.2, -0.15) is 0 Å². The topological polar surface area (TPSA) is 87.1 Å². The number of benzene rings is 1. The summed E-state index contributed by atoms with van der Waals surface area (Å²) in [5, 5.41) is 18.6. The maximum absolute atomic E-state index is 11.8. The third-order valence-electron chi connectivity index (χ3n) is 3.54. The van der Waals surface area contributed by atoms with Crippen LogP contribution in [-0.4, -0.2) is 46.9 Å². The molecule has 2 rings (SSSR count). The highest BCUT2D eigenvalue weighted by Crippen LogP contribution is 2.33. The van der Waals surface area contributed by atoms with Crippen LogP contribution in [0.5, 0.6) is 5.75 Å². The first kappa shape index (κ1) is 14.9. The van der Waals surface area contributed by atoms with E-state index in [0.29, 0.717) is 0 Å². The maximum Gasteiger partial charge on any atom is 0.410 e. The fraction of sp³-hybridized carbons (Fsp3) is 0.333. The molecular formula is C15H17NO5. The van der Waals surface area contributed by atoms with Gasteiger partial charge in [0.2, 0.25) is 0 Å². The molecule has 6 heteroatoms. The second-order valence-electron chi connectivity index (χ2n) is 4.91. The number of likely N-dealkylation sites (tertiary alicyclic amines) is 1. The van der Waals surface area contributed by atoms with Crippen LogP contribution in [0.4, 0.5) is 4.79 Å². The maximum atomic E-state index is 11.8. The van der Waals surface area contributed by atoms with Gasteiger partial charge >= 0.3 is 12.1 Å². The van der Waals surface area contributed by atoms with E-state index in [4.69, 9.17) is 4.74 Å². The molecule has 1 saturated heterocycles. The zero-order valence-electron chi connectivity index (χ0n) is 11.4. The normalized spacial score (nSPS) is 21.0. The van der Waals surface area contributed by atoms with E-state index in [0.717, 1.165) is 5.56 Å². The third kappa shape index (κ3) is 3.34. The first-order valence-corrected chi connectivity index (χ1v) is 6.57. The molecule has 21 heavy (non-hydrogen) atoms. The second kappa shape index (κ2) is 6.30. The van der Waals surface area contributed by atoms with Gasteiger partial charge in [-0.1, -0.05) is 24.8 Å². The number of carboxylic acids is 1. The number of phenolic OH excluding ortho intramolecular Hbond substituents is 1. The number of nitrogens with zero attached hydrogens (tertiary/aromatic N) is 1. The van der Waals surface area contributed by atoms with Crippen molar-refractivity contribution in [1.82, 2.24) is 4.90 Å². The summed E-state index contributed by atoms with van der Waals surface area (Å²) in [6, 6.07) is 6.36. The highest BCUT2D eigenvalue weighted by Gasteiger charge is 2.41. The van der Waals surface area contributed by atoms with Crippen molar-refractivity contribution >= 4 is 12.1 Å². The predicted molar refractivity (Wildman–Crippen MR) is 75.1 cm³/mol. The van der Waals surface area contributed by atoms with Gasteiger partial charge in [-0.3, -0.25) is 4.79 Å². The van der Waals surface area contributed by atoms with Gasteiger partial charge in [-0.25, -0.2) is 4.79 Å². The summed E-state index contributed by atoms with van der Waals surface area (Å²) in [6.07, 6.45) is 0.919. The van der Waals surface area contributed by atoms with Gasteiger partial charge in [-0.05, 0) is 17.7 Å². The number of hydrogen-bond donors (Lipinski definition) is 2. The Labute approximate surface area is 122 Å². The van der Waals surface area contributed by atoms with Crippen LogP contribution in [0.1, 0.15) is 11.5 Å². The molecule has 0 unspecified atom stereocenters. The van der Waals surface area contributed by atoms with E-state index >= 15 is 0 Å². The lowest BCUT2D eigenvalue weighted by Crippen LogP contribution is -2.30. The van der Waals surface area contributed by atoms with Crippen LogP contribution in [0, 0.1) is 5.92 Å². The molecule has 1 aliphatic heterocycles. The van der Waals surface area contributed by atoms with Gasteiger partial charge in [0, 0.05) is 19.0 Å². The van der Waals surface area contributed by atoms with Crippen LogP contribution in [0.3, 0.4) is 0 Å². The highest BCUT2D eigenvalue weighted by molar-refractivity contribution is 5.75. The van der Waals surface area contributed by atoms with Crippen molar-refractivity contribution in [2.45, 2.75) is 5.92 Å². The average Bonchev–Trinajstić information content (AvgIpc) is 2.91. The Balaban J connectivity index is 2.15. The number of carbonyl (C=O) groups is 2. The number of ether oxygens (including phenoxy) is 1. The van der Waals surface area contributed by atoms with Crippen molar-refractivity contribution < 1.29 is 24.5 Å². The van der Waals surface area contributed by atoms with Crippen molar-refractivity contribution in [3.8, 4) is 5.75 Å². The van der Waals surface area contributed by atoms with Crippen molar-refractivity contribution in [2.75, 3.05) is 19.7 Å². The summed E-state index contributed by atoms with van der Waals surface area (Å²) in [7, 11) is 0. The average molecular weight is 291 g/mol. The lowest BCUT2D eigenvalue weighted by Gasteiger charge is -2.16. The van der Waals surface area contributed by atoms with E-state index in [1.54, 1.807) is 12.1 Å². The van der Waals surface area contributed by atoms with Crippen molar-refractivity contribution in [3.05, 3.63) is 42.5 Å². The first-order chi connectivity index (χ1) is 10.0. The van der Waals surface area contributed by atoms with Crippen molar-refractivity contribution in [3.63, 3.8) is 0 Å². The van der Waals surface area contributed by atoms with Crippen LogP contribution in [-0.2, 0) is 9.53 Å². The number of aromatic hydroxyl groups is 1. The minimum absolute atomic E-state index is 0.0942. The SMILES string of the molecule is C=CCOC(=O)N1C[C@@H](C(=O)O)[C@H](c2ccc(O)cc2)C1. The van der Waals surface area contributed by atoms with E-state index in [1.807, 2.05) is 0 Å². The fourth-order valence-corrected chi connectivity index (χ4v) is 2.48. The molecule has 2 atom stereocenters. The van der Waals surface area contributed by atoms with Gasteiger partial charge in [0.15, 0.2) is 0 Å². The number of carboxylic acid groups (broad SMARTS) is 1. The molecule has 0 saturated carbocycles. The molecule has 1 heterocycles. The summed E-state index contributed by atoms with van der Waals surface area (Å²) in [5.74, 6) is -1.84. The number of amides is 1. The largest absolute Gasteiger partial charge is 0.508 e. The zero-order chi connectivity index (χ0) is 15.4. The predicted octanol–water partition coefficient (Wildman–Crippen LogP) is 1.81. The summed E-state index contributed by atoms with van der Waals surface area (Å²) in [5.41, 5.74) is 0.777. The molecule has 0 bridgehead atoms. The zero-order valence-corrected chi connectivity index (χ0v) is 11.4. The molecule has 1 aliphatic rings. The van der Waals surface area contributed by atoms with E-state index in [9.17, 15) is 19.8 Å². The quantitative estimate of drug-likeness (QED) is 0.826. The smallest absolute Gasteiger partial charge is 0.410 e. The summed E-state index contributed by atoms with van der Waals surface area (Å²) >= 11 is 0. The molecular weight excluding hydrogens is 274 g/mol. The van der Waals surface area contributed by atoms with Crippen LogP contribution in [0.2, 0.25) is 0 Å². The summed E-state index contributed by atoms with van der Waals surface area (Å²) in [4.78, 5) is 24.6. The monoisotopic (exact) mass is 291 g/mol. The number of hydrogen-bond acceptors (Lipinski definition) is 4. The molecule has 2 N–H and O–H groups in total. The van der Waals surface area contributed by atoms with Gasteiger partial charge < -0.3 is 19.8 Å². The molecule has 6 nitrogen and oxygen atoms in total. The van der Waals surface area contributed by atoms with Crippen LogP contribution >= 0.6 is 0 Å². The molecule has 112 valence electrons. The molecule has 1 amide bonds. The fourth-order valence-electron chi connectivity index (χ4n) is 2.48. The first-order valence-electron chi connectivity index (χ1n) is 6.57. The Kier molecular flexibility index (Phi) is 4.47. The molecule has 0 radical (unpaired) electrons. The number of carbonyl (C=O) groups excluding carboxylic acids is 1. The van der Waals surface area contributed by atoms with Gasteiger partial charge in [-0.15, -0.1) is 0 Å². The molecule has 0 aromatic heterocycles. The van der Waals surface area contributed by atoms with E-state index in [2.05, 4.69) is 6.58 Å². The van der Waals surface area contributed by atoms with Crippen LogP contribution < -0.4 is 0 Å². The minimum atomic E-state index is -0.952. The third-order valence-corrected chi connectivity index (χ3v) is 3.54. The van der Waals surface area contributed by atoms with Crippen molar-refractivity contribution in [1.29, 1.82) is 0 Å². The van der Waals surface area contributed by atoms with Gasteiger partial charge in [0.05, 0.1) is 5.92 Å².